The molecule has 6 nitrogen and oxygen atoms in total. The zero-order valence-corrected chi connectivity index (χ0v) is 13.9. The highest BCUT2D eigenvalue weighted by molar-refractivity contribution is 5.87. The molecule has 0 spiro atoms. The maximum atomic E-state index is 5.16. The number of methoxy groups -OCH3 is 1. The maximum Gasteiger partial charge on any atom is 0.168 e. The normalized spacial score (nSPS) is 12.5. The molecule has 2 heterocycles. The second kappa shape index (κ2) is 6.34. The van der Waals surface area contributed by atoms with Gasteiger partial charge >= 0.3 is 0 Å². The smallest absolute Gasteiger partial charge is 0.168 e. The Morgan fingerprint density at radius 3 is 2.83 bits per heavy atom. The highest BCUT2D eigenvalue weighted by Crippen LogP contribution is 2.24. The summed E-state index contributed by atoms with van der Waals surface area (Å²) < 4.78 is 7.02. The number of ether oxygens (including phenoxy) is 1. The molecule has 0 aliphatic heterocycles. The van der Waals surface area contributed by atoms with Gasteiger partial charge < -0.3 is 10.1 Å². The molecule has 1 atom stereocenters. The van der Waals surface area contributed by atoms with Crippen molar-refractivity contribution in [1.29, 1.82) is 0 Å². The van der Waals surface area contributed by atoms with Crippen LogP contribution in [-0.2, 0) is 4.74 Å². The van der Waals surface area contributed by atoms with E-state index in [4.69, 9.17) is 4.74 Å². The van der Waals surface area contributed by atoms with Crippen molar-refractivity contribution in [3.63, 3.8) is 0 Å². The summed E-state index contributed by atoms with van der Waals surface area (Å²) in [5, 5.41) is 8.76. The fourth-order valence-electron chi connectivity index (χ4n) is 2.70. The van der Waals surface area contributed by atoms with Gasteiger partial charge in [-0.3, -0.25) is 0 Å². The maximum absolute atomic E-state index is 5.16. The monoisotopic (exact) mass is 311 g/mol. The summed E-state index contributed by atoms with van der Waals surface area (Å²) in [5.74, 6) is 0.774. The van der Waals surface area contributed by atoms with Crippen LogP contribution in [0.2, 0.25) is 0 Å². The number of nitrogens with zero attached hydrogens (tertiary/aromatic N) is 4. The molecule has 0 unspecified atom stereocenters. The number of hydrogen-bond acceptors (Lipinski definition) is 5. The molecule has 0 aliphatic carbocycles. The van der Waals surface area contributed by atoms with Crippen LogP contribution in [0.4, 0.5) is 5.82 Å². The molecule has 0 saturated carbocycles. The van der Waals surface area contributed by atoms with Gasteiger partial charge in [0.15, 0.2) is 5.65 Å². The van der Waals surface area contributed by atoms with E-state index in [0.29, 0.717) is 6.61 Å². The van der Waals surface area contributed by atoms with Crippen LogP contribution in [0.5, 0.6) is 0 Å². The van der Waals surface area contributed by atoms with Gasteiger partial charge in [-0.25, -0.2) is 14.6 Å². The van der Waals surface area contributed by atoms with Gasteiger partial charge in [-0.05, 0) is 32.4 Å². The molecular weight excluding hydrogens is 290 g/mol. The van der Waals surface area contributed by atoms with Gasteiger partial charge in [0.1, 0.15) is 12.1 Å². The molecule has 120 valence electrons. The lowest BCUT2D eigenvalue weighted by Gasteiger charge is -2.13. The van der Waals surface area contributed by atoms with E-state index in [9.17, 15) is 0 Å². The quantitative estimate of drug-likeness (QED) is 0.785. The van der Waals surface area contributed by atoms with E-state index >= 15 is 0 Å². The van der Waals surface area contributed by atoms with Crippen molar-refractivity contribution in [1.82, 2.24) is 19.7 Å². The van der Waals surface area contributed by atoms with Crippen LogP contribution < -0.4 is 5.32 Å². The van der Waals surface area contributed by atoms with Crippen LogP contribution in [0.25, 0.3) is 16.7 Å². The van der Waals surface area contributed by atoms with Crippen LogP contribution in [0, 0.1) is 13.8 Å². The minimum absolute atomic E-state index is 0.155. The molecule has 0 saturated heterocycles. The summed E-state index contributed by atoms with van der Waals surface area (Å²) in [5.41, 5.74) is 4.21. The average molecular weight is 311 g/mol. The van der Waals surface area contributed by atoms with Crippen LogP contribution >= 0.6 is 0 Å². The third-order valence-electron chi connectivity index (χ3n) is 3.75. The second-order valence-electron chi connectivity index (χ2n) is 5.81. The minimum Gasteiger partial charge on any atom is -0.383 e. The highest BCUT2D eigenvalue weighted by atomic mass is 16.5. The second-order valence-corrected chi connectivity index (χ2v) is 5.81. The Kier molecular flexibility index (Phi) is 4.25. The first-order valence-electron chi connectivity index (χ1n) is 7.62. The summed E-state index contributed by atoms with van der Waals surface area (Å²) >= 11 is 0. The van der Waals surface area contributed by atoms with Crippen molar-refractivity contribution in [2.75, 3.05) is 19.0 Å². The summed E-state index contributed by atoms with van der Waals surface area (Å²) in [4.78, 5) is 8.75. The molecule has 3 aromatic rings. The van der Waals surface area contributed by atoms with Crippen LogP contribution in [0.15, 0.2) is 30.7 Å². The lowest BCUT2D eigenvalue weighted by molar-refractivity contribution is 0.190. The number of aromatic nitrogens is 4. The Labute approximate surface area is 135 Å². The molecule has 0 amide bonds. The molecule has 1 aromatic carbocycles. The average Bonchev–Trinajstić information content (AvgIpc) is 2.92. The topological polar surface area (TPSA) is 64.9 Å². The molecule has 3 rings (SSSR count). The zero-order valence-electron chi connectivity index (χ0n) is 13.9. The number of rotatable bonds is 5. The number of anilines is 1. The fraction of sp³-hybridized carbons (Fsp3) is 0.353. The third-order valence-corrected chi connectivity index (χ3v) is 3.75. The predicted octanol–water partition coefficient (Wildman–Crippen LogP) is 2.88. The van der Waals surface area contributed by atoms with Gasteiger partial charge in [0.2, 0.25) is 0 Å². The number of fused-ring (bicyclic) bond motifs is 1. The molecule has 2 aromatic heterocycles. The molecule has 6 heteroatoms. The van der Waals surface area contributed by atoms with Gasteiger partial charge in [-0.1, -0.05) is 17.7 Å². The van der Waals surface area contributed by atoms with Crippen molar-refractivity contribution < 1.29 is 4.74 Å². The number of aryl methyl sites for hydroxylation is 2. The van der Waals surface area contributed by atoms with Crippen molar-refractivity contribution >= 4 is 16.9 Å². The van der Waals surface area contributed by atoms with E-state index in [1.807, 2.05) is 11.6 Å². The fourth-order valence-corrected chi connectivity index (χ4v) is 2.70. The van der Waals surface area contributed by atoms with E-state index in [-0.39, 0.29) is 6.04 Å². The van der Waals surface area contributed by atoms with E-state index in [1.165, 1.54) is 5.56 Å². The van der Waals surface area contributed by atoms with Crippen molar-refractivity contribution in [3.05, 3.63) is 41.9 Å². The number of hydrogen-bond donors (Lipinski definition) is 1. The van der Waals surface area contributed by atoms with E-state index in [1.54, 1.807) is 19.6 Å². The van der Waals surface area contributed by atoms with E-state index < -0.39 is 0 Å². The molecule has 23 heavy (non-hydrogen) atoms. The predicted molar refractivity (Wildman–Crippen MR) is 91.1 cm³/mol. The Bertz CT molecular complexity index is 827. The molecule has 0 fully saturated rings. The van der Waals surface area contributed by atoms with Crippen molar-refractivity contribution in [3.8, 4) is 5.69 Å². The Balaban J connectivity index is 2.04. The summed E-state index contributed by atoms with van der Waals surface area (Å²) in [6.45, 7) is 6.82. The summed E-state index contributed by atoms with van der Waals surface area (Å²) in [6.07, 6.45) is 3.36. The lowest BCUT2D eigenvalue weighted by atomic mass is 10.1. The third kappa shape index (κ3) is 3.03. The van der Waals surface area contributed by atoms with Gasteiger partial charge in [-0.2, -0.15) is 5.10 Å². The van der Waals surface area contributed by atoms with Crippen LogP contribution in [0.3, 0.4) is 0 Å². The first-order chi connectivity index (χ1) is 11.1. The molecule has 1 N–H and O–H groups in total. The first kappa shape index (κ1) is 15.4. The summed E-state index contributed by atoms with van der Waals surface area (Å²) in [7, 11) is 1.69. The first-order valence-corrected chi connectivity index (χ1v) is 7.62. The molecule has 0 aliphatic rings. The SMILES string of the molecule is COC[C@@H](C)Nc1ncnc2c1cnn2-c1ccc(C)cc1C. The Morgan fingerprint density at radius 1 is 1.26 bits per heavy atom. The van der Waals surface area contributed by atoms with Crippen LogP contribution in [-0.4, -0.2) is 39.5 Å². The zero-order chi connectivity index (χ0) is 16.4. The van der Waals surface area contributed by atoms with Gasteiger partial charge in [0, 0.05) is 13.2 Å². The van der Waals surface area contributed by atoms with Crippen molar-refractivity contribution in [2.24, 2.45) is 0 Å². The number of benzene rings is 1. The number of nitrogens with one attached hydrogen (secondary N) is 1. The van der Waals surface area contributed by atoms with Gasteiger partial charge in [-0.15, -0.1) is 0 Å². The van der Waals surface area contributed by atoms with E-state index in [2.05, 4.69) is 52.4 Å². The summed E-state index contributed by atoms with van der Waals surface area (Å²) in [6, 6.07) is 6.45. The molecular formula is C17H21N5O. The minimum atomic E-state index is 0.155. The Hall–Kier alpha value is -2.47. The molecule has 0 radical (unpaired) electrons. The Morgan fingerprint density at radius 2 is 2.09 bits per heavy atom. The van der Waals surface area contributed by atoms with Crippen molar-refractivity contribution in [2.45, 2.75) is 26.8 Å². The standard InChI is InChI=1S/C17H21N5O/c1-11-5-6-15(12(2)7-11)22-17-14(8-20-22)16(18-10-19-17)21-13(3)9-23-4/h5-8,10,13H,9H2,1-4H3,(H,18,19,21)/t13-/m1/s1. The largest absolute Gasteiger partial charge is 0.383 e. The lowest BCUT2D eigenvalue weighted by Crippen LogP contribution is -2.21. The van der Waals surface area contributed by atoms with Gasteiger partial charge in [0.05, 0.1) is 23.9 Å². The van der Waals surface area contributed by atoms with Crippen LogP contribution in [0.1, 0.15) is 18.1 Å². The van der Waals surface area contributed by atoms with E-state index in [0.717, 1.165) is 28.1 Å². The van der Waals surface area contributed by atoms with Gasteiger partial charge in [0.25, 0.3) is 0 Å². The highest BCUT2D eigenvalue weighted by Gasteiger charge is 2.13. The molecule has 0 bridgehead atoms.